The second kappa shape index (κ2) is 6.73. The van der Waals surface area contributed by atoms with Crippen LogP contribution < -0.4 is 5.32 Å². The van der Waals surface area contributed by atoms with Gasteiger partial charge in [-0.2, -0.15) is 0 Å². The zero-order chi connectivity index (χ0) is 17.3. The predicted octanol–water partition coefficient (Wildman–Crippen LogP) is 4.21. The van der Waals surface area contributed by atoms with E-state index in [4.69, 9.17) is 4.74 Å². The summed E-state index contributed by atoms with van der Waals surface area (Å²) in [7, 11) is 0. The average molecular weight is 347 g/mol. The van der Waals surface area contributed by atoms with E-state index in [1.807, 2.05) is 13.8 Å². The zero-order valence-corrected chi connectivity index (χ0v) is 14.3. The smallest absolute Gasteiger partial charge is 0.341 e. The Bertz CT molecular complexity index is 778. The van der Waals surface area contributed by atoms with Gasteiger partial charge in [0.2, 0.25) is 5.91 Å². The van der Waals surface area contributed by atoms with Gasteiger partial charge >= 0.3 is 5.97 Å². The SMILES string of the molecule is Cc1sc(NC(=O)C2CC2)c(C(=O)OCc2ccc(F)cc2)c1C. The number of hydrogen-bond donors (Lipinski definition) is 1. The zero-order valence-electron chi connectivity index (χ0n) is 13.5. The van der Waals surface area contributed by atoms with Crippen LogP contribution in [0.1, 0.15) is 39.2 Å². The first kappa shape index (κ1) is 16.6. The lowest BCUT2D eigenvalue weighted by molar-refractivity contribution is -0.117. The minimum Gasteiger partial charge on any atom is -0.457 e. The molecule has 126 valence electrons. The van der Waals surface area contributed by atoms with Gasteiger partial charge in [0.15, 0.2) is 0 Å². The summed E-state index contributed by atoms with van der Waals surface area (Å²) in [4.78, 5) is 25.4. The summed E-state index contributed by atoms with van der Waals surface area (Å²) < 4.78 is 18.2. The summed E-state index contributed by atoms with van der Waals surface area (Å²) in [5, 5.41) is 3.40. The van der Waals surface area contributed by atoms with Crippen molar-refractivity contribution in [2.24, 2.45) is 5.92 Å². The van der Waals surface area contributed by atoms with Gasteiger partial charge in [-0.25, -0.2) is 9.18 Å². The quantitative estimate of drug-likeness (QED) is 0.824. The topological polar surface area (TPSA) is 55.4 Å². The van der Waals surface area contributed by atoms with Crippen molar-refractivity contribution in [3.63, 3.8) is 0 Å². The Hall–Kier alpha value is -2.21. The Morgan fingerprint density at radius 3 is 2.54 bits per heavy atom. The van der Waals surface area contributed by atoms with Crippen LogP contribution in [0.25, 0.3) is 0 Å². The number of rotatable bonds is 5. The van der Waals surface area contributed by atoms with Crippen LogP contribution in [0.3, 0.4) is 0 Å². The molecule has 0 unspecified atom stereocenters. The van der Waals surface area contributed by atoms with Gasteiger partial charge in [0.05, 0.1) is 5.56 Å². The third-order valence-electron chi connectivity index (χ3n) is 4.06. The van der Waals surface area contributed by atoms with Crippen LogP contribution in [-0.4, -0.2) is 11.9 Å². The molecule has 0 atom stereocenters. The van der Waals surface area contributed by atoms with E-state index in [0.717, 1.165) is 23.3 Å². The number of hydrogen-bond acceptors (Lipinski definition) is 4. The first-order valence-corrected chi connectivity index (χ1v) is 8.59. The number of carbonyl (C=O) groups excluding carboxylic acids is 2. The summed E-state index contributed by atoms with van der Waals surface area (Å²) in [6.07, 6.45) is 1.80. The number of amides is 1. The number of benzene rings is 1. The molecule has 1 N–H and O–H groups in total. The molecule has 4 nitrogen and oxygen atoms in total. The lowest BCUT2D eigenvalue weighted by Gasteiger charge is -2.08. The van der Waals surface area contributed by atoms with E-state index in [2.05, 4.69) is 5.32 Å². The molecular weight excluding hydrogens is 329 g/mol. The maximum atomic E-state index is 12.9. The van der Waals surface area contributed by atoms with E-state index in [0.29, 0.717) is 16.1 Å². The van der Waals surface area contributed by atoms with Crippen molar-refractivity contribution in [2.45, 2.75) is 33.3 Å². The van der Waals surface area contributed by atoms with E-state index >= 15 is 0 Å². The number of aryl methyl sites for hydroxylation is 1. The Labute approximate surface area is 143 Å². The molecule has 1 aromatic heterocycles. The number of carbonyl (C=O) groups is 2. The fourth-order valence-corrected chi connectivity index (χ4v) is 3.37. The predicted molar refractivity (Wildman–Crippen MR) is 90.7 cm³/mol. The fraction of sp³-hybridized carbons (Fsp3) is 0.333. The van der Waals surface area contributed by atoms with Gasteiger partial charge in [0, 0.05) is 10.8 Å². The van der Waals surface area contributed by atoms with Crippen molar-refractivity contribution < 1.29 is 18.7 Å². The van der Waals surface area contributed by atoms with E-state index in [-0.39, 0.29) is 24.2 Å². The van der Waals surface area contributed by atoms with Gasteiger partial charge in [-0.3, -0.25) is 4.79 Å². The van der Waals surface area contributed by atoms with Crippen LogP contribution in [0, 0.1) is 25.6 Å². The van der Waals surface area contributed by atoms with Crippen molar-refractivity contribution >= 4 is 28.2 Å². The number of anilines is 1. The number of thiophene rings is 1. The van der Waals surface area contributed by atoms with E-state index in [1.54, 1.807) is 12.1 Å². The van der Waals surface area contributed by atoms with Crippen molar-refractivity contribution in [1.29, 1.82) is 0 Å². The molecule has 1 amide bonds. The van der Waals surface area contributed by atoms with E-state index in [9.17, 15) is 14.0 Å². The maximum Gasteiger partial charge on any atom is 0.341 e. The third-order valence-corrected chi connectivity index (χ3v) is 5.18. The van der Waals surface area contributed by atoms with Crippen LogP contribution in [0.5, 0.6) is 0 Å². The summed E-state index contributed by atoms with van der Waals surface area (Å²) in [5.74, 6) is -0.786. The first-order valence-electron chi connectivity index (χ1n) is 7.78. The molecule has 1 saturated carbocycles. The number of nitrogens with one attached hydrogen (secondary N) is 1. The molecule has 1 fully saturated rings. The molecule has 0 radical (unpaired) electrons. The molecule has 2 aromatic rings. The fourth-order valence-electron chi connectivity index (χ4n) is 2.32. The molecule has 6 heteroatoms. The lowest BCUT2D eigenvalue weighted by atomic mass is 10.1. The van der Waals surface area contributed by atoms with E-state index < -0.39 is 5.97 Å². The highest BCUT2D eigenvalue weighted by atomic mass is 32.1. The summed E-state index contributed by atoms with van der Waals surface area (Å²) in [5.41, 5.74) is 1.93. The monoisotopic (exact) mass is 347 g/mol. The summed E-state index contributed by atoms with van der Waals surface area (Å²) >= 11 is 1.38. The Balaban J connectivity index is 1.73. The Kier molecular flexibility index (Phi) is 4.66. The molecule has 1 heterocycles. The Morgan fingerprint density at radius 1 is 1.25 bits per heavy atom. The summed E-state index contributed by atoms with van der Waals surface area (Å²) in [6, 6.07) is 5.79. The molecule has 1 aliphatic rings. The van der Waals surface area contributed by atoms with Crippen LogP contribution in [0.15, 0.2) is 24.3 Å². The van der Waals surface area contributed by atoms with Crippen LogP contribution in [0.2, 0.25) is 0 Å². The first-order chi connectivity index (χ1) is 11.5. The second-order valence-electron chi connectivity index (χ2n) is 5.95. The van der Waals surface area contributed by atoms with Gasteiger partial charge in [-0.1, -0.05) is 12.1 Å². The lowest BCUT2D eigenvalue weighted by Crippen LogP contribution is -2.16. The van der Waals surface area contributed by atoms with Crippen molar-refractivity contribution in [1.82, 2.24) is 0 Å². The van der Waals surface area contributed by atoms with Crippen LogP contribution in [-0.2, 0) is 16.1 Å². The molecular formula is C18H18FNO3S. The molecule has 0 spiro atoms. The van der Waals surface area contributed by atoms with Crippen molar-refractivity contribution in [3.05, 3.63) is 51.7 Å². The number of ether oxygens (including phenoxy) is 1. The third kappa shape index (κ3) is 3.64. The molecule has 24 heavy (non-hydrogen) atoms. The normalized spacial score (nSPS) is 13.6. The molecule has 0 bridgehead atoms. The van der Waals surface area contributed by atoms with Crippen molar-refractivity contribution in [2.75, 3.05) is 5.32 Å². The number of halogens is 1. The summed E-state index contributed by atoms with van der Waals surface area (Å²) in [6.45, 7) is 3.81. The highest BCUT2D eigenvalue weighted by Gasteiger charge is 2.31. The molecule has 3 rings (SSSR count). The Morgan fingerprint density at radius 2 is 1.92 bits per heavy atom. The number of esters is 1. The average Bonchev–Trinajstić information content (AvgIpc) is 3.35. The van der Waals surface area contributed by atoms with Gasteiger partial charge in [0.25, 0.3) is 0 Å². The minimum atomic E-state index is -0.479. The van der Waals surface area contributed by atoms with Gasteiger partial charge in [-0.05, 0) is 49.9 Å². The highest BCUT2D eigenvalue weighted by molar-refractivity contribution is 7.16. The second-order valence-corrected chi connectivity index (χ2v) is 7.18. The molecule has 0 saturated heterocycles. The molecule has 0 aliphatic heterocycles. The van der Waals surface area contributed by atoms with Gasteiger partial charge in [-0.15, -0.1) is 11.3 Å². The molecule has 1 aromatic carbocycles. The maximum absolute atomic E-state index is 12.9. The van der Waals surface area contributed by atoms with Crippen LogP contribution in [0.4, 0.5) is 9.39 Å². The highest BCUT2D eigenvalue weighted by Crippen LogP contribution is 2.36. The van der Waals surface area contributed by atoms with E-state index in [1.165, 1.54) is 23.5 Å². The van der Waals surface area contributed by atoms with Gasteiger partial charge in [0.1, 0.15) is 17.4 Å². The molecule has 1 aliphatic carbocycles. The van der Waals surface area contributed by atoms with Crippen molar-refractivity contribution in [3.8, 4) is 0 Å². The van der Waals surface area contributed by atoms with Gasteiger partial charge < -0.3 is 10.1 Å². The standard InChI is InChI=1S/C18H18FNO3S/c1-10-11(2)24-17(20-16(21)13-5-6-13)15(10)18(22)23-9-12-3-7-14(19)8-4-12/h3-4,7-8,13H,5-6,9H2,1-2H3,(H,20,21). The minimum absolute atomic E-state index is 0.0381. The largest absolute Gasteiger partial charge is 0.457 e. The van der Waals surface area contributed by atoms with Crippen LogP contribution >= 0.6 is 11.3 Å².